The predicted octanol–water partition coefficient (Wildman–Crippen LogP) is 2.73. The maximum atomic E-state index is 5.51. The summed E-state index contributed by atoms with van der Waals surface area (Å²) in [6.07, 6.45) is 1.83. The van der Waals surface area contributed by atoms with Crippen LogP contribution in [0.15, 0.2) is 30.5 Å². The Bertz CT molecular complexity index is 506. The molecule has 0 bridgehead atoms. The molecule has 1 aromatic carbocycles. The zero-order valence-corrected chi connectivity index (χ0v) is 10.4. The van der Waals surface area contributed by atoms with E-state index < -0.39 is 0 Å². The van der Waals surface area contributed by atoms with Crippen LogP contribution in [0, 0.1) is 0 Å². The second-order valence-electron chi connectivity index (χ2n) is 4.51. The highest BCUT2D eigenvalue weighted by atomic mass is 15.0. The van der Waals surface area contributed by atoms with Gasteiger partial charge in [-0.25, -0.2) is 4.98 Å². The molecule has 1 aromatic heterocycles. The van der Waals surface area contributed by atoms with E-state index in [0.717, 1.165) is 12.4 Å². The molecule has 0 aliphatic heterocycles. The molecule has 0 atom stereocenters. The molecule has 1 heterocycles. The lowest BCUT2D eigenvalue weighted by Crippen LogP contribution is -2.14. The number of anilines is 1. The van der Waals surface area contributed by atoms with Crippen LogP contribution in [0.2, 0.25) is 0 Å². The van der Waals surface area contributed by atoms with Crippen LogP contribution in [-0.4, -0.2) is 18.1 Å². The molecule has 3 N–H and O–H groups in total. The molecule has 0 amide bonds. The van der Waals surface area contributed by atoms with Crippen molar-refractivity contribution in [2.45, 2.75) is 19.8 Å². The molecule has 0 saturated heterocycles. The smallest absolute Gasteiger partial charge is 0.133 e. The second-order valence-corrected chi connectivity index (χ2v) is 4.51. The zero-order chi connectivity index (χ0) is 12.3. The number of rotatable bonds is 4. The van der Waals surface area contributed by atoms with Crippen molar-refractivity contribution < 1.29 is 0 Å². The van der Waals surface area contributed by atoms with Crippen LogP contribution in [0.1, 0.15) is 25.3 Å². The van der Waals surface area contributed by atoms with Crippen molar-refractivity contribution in [1.82, 2.24) is 4.98 Å². The molecule has 0 saturated carbocycles. The number of pyridine rings is 1. The van der Waals surface area contributed by atoms with E-state index in [1.54, 1.807) is 0 Å². The van der Waals surface area contributed by atoms with E-state index >= 15 is 0 Å². The van der Waals surface area contributed by atoms with Crippen LogP contribution >= 0.6 is 0 Å². The molecule has 0 spiro atoms. The summed E-state index contributed by atoms with van der Waals surface area (Å²) >= 11 is 0. The van der Waals surface area contributed by atoms with Gasteiger partial charge in [-0.2, -0.15) is 0 Å². The molecule has 0 radical (unpaired) electrons. The summed E-state index contributed by atoms with van der Waals surface area (Å²) in [4.78, 5) is 4.38. The lowest BCUT2D eigenvalue weighted by atomic mass is 10.00. The first-order valence-corrected chi connectivity index (χ1v) is 6.05. The predicted molar refractivity (Wildman–Crippen MR) is 73.4 cm³/mol. The van der Waals surface area contributed by atoms with E-state index in [-0.39, 0.29) is 0 Å². The lowest BCUT2D eigenvalue weighted by molar-refractivity contribution is 0.868. The molecule has 0 aliphatic rings. The summed E-state index contributed by atoms with van der Waals surface area (Å²) in [5.74, 6) is 1.46. The maximum Gasteiger partial charge on any atom is 0.133 e. The number of fused-ring (bicyclic) bond motifs is 1. The molecule has 0 unspecified atom stereocenters. The van der Waals surface area contributed by atoms with Gasteiger partial charge >= 0.3 is 0 Å². The highest BCUT2D eigenvalue weighted by Gasteiger charge is 2.05. The molecule has 3 nitrogen and oxygen atoms in total. The Balaban J connectivity index is 2.48. The fourth-order valence-corrected chi connectivity index (χ4v) is 1.88. The highest BCUT2D eigenvalue weighted by Crippen LogP contribution is 2.25. The fourth-order valence-electron chi connectivity index (χ4n) is 1.88. The largest absolute Gasteiger partial charge is 0.368 e. The monoisotopic (exact) mass is 229 g/mol. The standard InChI is InChI=1S/C14H19N3/c1-10(2)12-4-3-11-5-7-16-14(13(11)9-12)17-8-6-15/h3-5,7,9-10H,6,8,15H2,1-2H3,(H,16,17). The van der Waals surface area contributed by atoms with Gasteiger partial charge in [0, 0.05) is 24.7 Å². The Kier molecular flexibility index (Phi) is 3.59. The number of hydrogen-bond donors (Lipinski definition) is 2. The third-order valence-electron chi connectivity index (χ3n) is 2.89. The minimum atomic E-state index is 0.530. The number of nitrogens with zero attached hydrogens (tertiary/aromatic N) is 1. The average molecular weight is 229 g/mol. The number of nitrogens with two attached hydrogens (primary N) is 1. The van der Waals surface area contributed by atoms with Crippen LogP contribution in [-0.2, 0) is 0 Å². The van der Waals surface area contributed by atoms with Gasteiger partial charge in [-0.05, 0) is 29.0 Å². The van der Waals surface area contributed by atoms with Crippen molar-refractivity contribution in [1.29, 1.82) is 0 Å². The molecule has 2 aromatic rings. The van der Waals surface area contributed by atoms with E-state index in [2.05, 4.69) is 42.3 Å². The Labute approximate surface area is 102 Å². The minimum absolute atomic E-state index is 0.530. The quantitative estimate of drug-likeness (QED) is 0.847. The summed E-state index contributed by atoms with van der Waals surface area (Å²) in [6.45, 7) is 5.76. The summed E-state index contributed by atoms with van der Waals surface area (Å²) in [6, 6.07) is 8.58. The maximum absolute atomic E-state index is 5.51. The van der Waals surface area contributed by atoms with Gasteiger partial charge in [0.1, 0.15) is 5.82 Å². The van der Waals surface area contributed by atoms with Crippen molar-refractivity contribution in [3.8, 4) is 0 Å². The SMILES string of the molecule is CC(C)c1ccc2ccnc(NCCN)c2c1. The van der Waals surface area contributed by atoms with Gasteiger partial charge in [0.2, 0.25) is 0 Å². The van der Waals surface area contributed by atoms with Gasteiger partial charge in [-0.15, -0.1) is 0 Å². The number of hydrogen-bond acceptors (Lipinski definition) is 3. The van der Waals surface area contributed by atoms with Gasteiger partial charge < -0.3 is 11.1 Å². The number of aromatic nitrogens is 1. The van der Waals surface area contributed by atoms with Gasteiger partial charge in [-0.1, -0.05) is 26.0 Å². The summed E-state index contributed by atoms with van der Waals surface area (Å²) in [7, 11) is 0. The fraction of sp³-hybridized carbons (Fsp3) is 0.357. The van der Waals surface area contributed by atoms with E-state index in [1.807, 2.05) is 12.3 Å². The molecular formula is C14H19N3. The van der Waals surface area contributed by atoms with E-state index in [1.165, 1.54) is 16.3 Å². The van der Waals surface area contributed by atoms with Crippen molar-refractivity contribution in [2.75, 3.05) is 18.4 Å². The van der Waals surface area contributed by atoms with Crippen LogP contribution in [0.25, 0.3) is 10.8 Å². The Morgan fingerprint density at radius 1 is 1.29 bits per heavy atom. The number of nitrogens with one attached hydrogen (secondary N) is 1. The molecule has 2 rings (SSSR count). The van der Waals surface area contributed by atoms with Crippen LogP contribution in [0.5, 0.6) is 0 Å². The highest BCUT2D eigenvalue weighted by molar-refractivity contribution is 5.92. The van der Waals surface area contributed by atoms with Gasteiger partial charge in [0.25, 0.3) is 0 Å². The first-order valence-electron chi connectivity index (χ1n) is 6.05. The summed E-state index contributed by atoms with van der Waals surface area (Å²) < 4.78 is 0. The molecular weight excluding hydrogens is 210 g/mol. The lowest BCUT2D eigenvalue weighted by Gasteiger charge is -2.11. The number of benzene rings is 1. The molecule has 17 heavy (non-hydrogen) atoms. The first-order chi connectivity index (χ1) is 8.22. The van der Waals surface area contributed by atoms with Crippen molar-refractivity contribution in [2.24, 2.45) is 5.73 Å². The average Bonchev–Trinajstić information content (AvgIpc) is 2.35. The summed E-state index contributed by atoms with van der Waals surface area (Å²) in [5, 5.41) is 5.65. The summed E-state index contributed by atoms with van der Waals surface area (Å²) in [5.41, 5.74) is 6.84. The van der Waals surface area contributed by atoms with E-state index in [0.29, 0.717) is 12.5 Å². The molecule has 90 valence electrons. The second kappa shape index (κ2) is 5.15. The molecule has 0 aliphatic carbocycles. The van der Waals surface area contributed by atoms with Crippen molar-refractivity contribution in [3.05, 3.63) is 36.0 Å². The topological polar surface area (TPSA) is 50.9 Å². The first kappa shape index (κ1) is 11.9. The zero-order valence-electron chi connectivity index (χ0n) is 10.4. The van der Waals surface area contributed by atoms with Crippen LogP contribution < -0.4 is 11.1 Å². The molecule has 0 fully saturated rings. The Hall–Kier alpha value is -1.61. The molecule has 3 heteroatoms. The minimum Gasteiger partial charge on any atom is -0.368 e. The Morgan fingerprint density at radius 3 is 2.82 bits per heavy atom. The van der Waals surface area contributed by atoms with Gasteiger partial charge in [0.15, 0.2) is 0 Å². The van der Waals surface area contributed by atoms with Crippen molar-refractivity contribution >= 4 is 16.6 Å². The van der Waals surface area contributed by atoms with Gasteiger partial charge in [-0.3, -0.25) is 0 Å². The van der Waals surface area contributed by atoms with Crippen LogP contribution in [0.4, 0.5) is 5.82 Å². The Morgan fingerprint density at radius 2 is 2.12 bits per heavy atom. The van der Waals surface area contributed by atoms with E-state index in [9.17, 15) is 0 Å². The third kappa shape index (κ3) is 2.56. The van der Waals surface area contributed by atoms with Crippen molar-refractivity contribution in [3.63, 3.8) is 0 Å². The third-order valence-corrected chi connectivity index (χ3v) is 2.89. The van der Waals surface area contributed by atoms with E-state index in [4.69, 9.17) is 5.73 Å². The normalized spacial score (nSPS) is 11.1. The van der Waals surface area contributed by atoms with Crippen LogP contribution in [0.3, 0.4) is 0 Å². The van der Waals surface area contributed by atoms with Gasteiger partial charge in [0.05, 0.1) is 0 Å².